The van der Waals surface area contributed by atoms with E-state index in [4.69, 9.17) is 11.6 Å². The Morgan fingerprint density at radius 1 is 1.44 bits per heavy atom. The number of piperazine rings is 1. The Hall–Kier alpha value is -1.88. The first-order chi connectivity index (χ1) is 8.74. The zero-order valence-corrected chi connectivity index (χ0v) is 10.3. The molecule has 0 saturated carbocycles. The predicted octanol–water partition coefficient (Wildman–Crippen LogP) is 1.22. The summed E-state index contributed by atoms with van der Waals surface area (Å²) in [6.07, 6.45) is 1.68. The van der Waals surface area contributed by atoms with Crippen LogP contribution in [0, 0.1) is 0 Å². The lowest BCUT2D eigenvalue weighted by Crippen LogP contribution is -2.48. The molecular formula is C12H11ClN4O. The van der Waals surface area contributed by atoms with Crippen molar-refractivity contribution in [3.63, 3.8) is 0 Å². The van der Waals surface area contributed by atoms with Crippen LogP contribution in [0.15, 0.2) is 24.4 Å². The van der Waals surface area contributed by atoms with Gasteiger partial charge in [0.1, 0.15) is 5.82 Å². The van der Waals surface area contributed by atoms with Crippen molar-refractivity contribution in [2.45, 2.75) is 0 Å². The Bertz CT molecular complexity index is 616. The Kier molecular flexibility index (Phi) is 2.76. The zero-order chi connectivity index (χ0) is 12.5. The van der Waals surface area contributed by atoms with E-state index in [0.717, 1.165) is 11.9 Å². The second-order valence-electron chi connectivity index (χ2n) is 4.11. The molecule has 0 spiro atoms. The van der Waals surface area contributed by atoms with Crippen LogP contribution in [-0.4, -0.2) is 35.5 Å². The van der Waals surface area contributed by atoms with Crippen LogP contribution in [0.4, 0.5) is 5.82 Å². The minimum Gasteiger partial charge on any atom is -0.353 e. The topological polar surface area (TPSA) is 58.1 Å². The minimum atomic E-state index is 0.000269. The lowest BCUT2D eigenvalue weighted by atomic mass is 10.2. The van der Waals surface area contributed by atoms with E-state index in [1.54, 1.807) is 12.3 Å². The van der Waals surface area contributed by atoms with Gasteiger partial charge in [-0.05, 0) is 12.1 Å². The molecule has 92 valence electrons. The van der Waals surface area contributed by atoms with E-state index >= 15 is 0 Å². The molecule has 3 rings (SSSR count). The van der Waals surface area contributed by atoms with Gasteiger partial charge in [-0.1, -0.05) is 11.6 Å². The maximum atomic E-state index is 11.4. The van der Waals surface area contributed by atoms with Gasteiger partial charge in [-0.3, -0.25) is 4.79 Å². The molecule has 1 aliphatic heterocycles. The minimum absolute atomic E-state index is 0.000269. The largest absolute Gasteiger partial charge is 0.353 e. The van der Waals surface area contributed by atoms with Gasteiger partial charge < -0.3 is 10.2 Å². The summed E-state index contributed by atoms with van der Waals surface area (Å²) >= 11 is 6.21. The van der Waals surface area contributed by atoms with E-state index < -0.39 is 0 Å². The van der Waals surface area contributed by atoms with Crippen LogP contribution in [0.3, 0.4) is 0 Å². The van der Waals surface area contributed by atoms with Crippen molar-refractivity contribution in [3.05, 3.63) is 29.4 Å². The second kappa shape index (κ2) is 4.42. The number of carbonyl (C=O) groups is 1. The van der Waals surface area contributed by atoms with E-state index in [9.17, 15) is 4.79 Å². The molecule has 1 saturated heterocycles. The first-order valence-corrected chi connectivity index (χ1v) is 6.05. The van der Waals surface area contributed by atoms with Gasteiger partial charge in [-0.2, -0.15) is 0 Å². The van der Waals surface area contributed by atoms with Crippen molar-refractivity contribution in [2.24, 2.45) is 0 Å². The van der Waals surface area contributed by atoms with Crippen molar-refractivity contribution >= 4 is 34.4 Å². The van der Waals surface area contributed by atoms with Crippen LogP contribution in [0.1, 0.15) is 0 Å². The van der Waals surface area contributed by atoms with Crippen LogP contribution in [0.5, 0.6) is 0 Å². The molecule has 0 bridgehead atoms. The number of anilines is 1. The number of rotatable bonds is 1. The quantitative estimate of drug-likeness (QED) is 0.840. The van der Waals surface area contributed by atoms with E-state index in [0.29, 0.717) is 29.6 Å². The van der Waals surface area contributed by atoms with E-state index in [1.807, 2.05) is 17.0 Å². The molecule has 2 aromatic heterocycles. The van der Waals surface area contributed by atoms with Gasteiger partial charge in [-0.15, -0.1) is 0 Å². The maximum Gasteiger partial charge on any atom is 0.239 e. The fourth-order valence-electron chi connectivity index (χ4n) is 2.00. The lowest BCUT2D eigenvalue weighted by molar-refractivity contribution is -0.120. The van der Waals surface area contributed by atoms with Crippen LogP contribution < -0.4 is 10.2 Å². The number of carbonyl (C=O) groups excluding carboxylic acids is 1. The van der Waals surface area contributed by atoms with Crippen molar-refractivity contribution in [3.8, 4) is 0 Å². The lowest BCUT2D eigenvalue weighted by Gasteiger charge is -2.27. The number of fused-ring (bicyclic) bond motifs is 1. The summed E-state index contributed by atoms with van der Waals surface area (Å²) in [7, 11) is 0. The number of pyridine rings is 2. The molecule has 1 aliphatic rings. The molecule has 6 heteroatoms. The summed E-state index contributed by atoms with van der Waals surface area (Å²) in [5, 5.41) is 4.21. The summed E-state index contributed by atoms with van der Waals surface area (Å²) in [5.74, 6) is 0.696. The summed E-state index contributed by atoms with van der Waals surface area (Å²) in [5.41, 5.74) is 0.603. The number of nitrogens with one attached hydrogen (secondary N) is 1. The number of amides is 1. The molecule has 0 unspecified atom stereocenters. The molecule has 1 fully saturated rings. The highest BCUT2D eigenvalue weighted by atomic mass is 35.5. The molecule has 1 amide bonds. The monoisotopic (exact) mass is 262 g/mol. The van der Waals surface area contributed by atoms with Crippen LogP contribution >= 0.6 is 11.6 Å². The molecule has 2 aromatic rings. The maximum absolute atomic E-state index is 11.4. The molecular weight excluding hydrogens is 252 g/mol. The van der Waals surface area contributed by atoms with Gasteiger partial charge in [-0.25, -0.2) is 9.97 Å². The first-order valence-electron chi connectivity index (χ1n) is 5.67. The summed E-state index contributed by atoms with van der Waals surface area (Å²) in [4.78, 5) is 21.9. The molecule has 0 atom stereocenters. The van der Waals surface area contributed by atoms with Crippen molar-refractivity contribution in [1.29, 1.82) is 0 Å². The molecule has 3 heterocycles. The standard InChI is InChI=1S/C12H11ClN4O/c13-9-6-10(17-5-4-14-11(18)7-17)16-12-8(9)2-1-3-15-12/h1-3,6H,4-5,7H2,(H,14,18). The normalized spacial score (nSPS) is 15.8. The predicted molar refractivity (Wildman–Crippen MR) is 69.8 cm³/mol. The highest BCUT2D eigenvalue weighted by molar-refractivity contribution is 6.35. The van der Waals surface area contributed by atoms with E-state index in [-0.39, 0.29) is 5.91 Å². The van der Waals surface area contributed by atoms with Gasteiger partial charge in [0.15, 0.2) is 5.65 Å². The van der Waals surface area contributed by atoms with Crippen LogP contribution in [0.25, 0.3) is 11.0 Å². The average Bonchev–Trinajstić information content (AvgIpc) is 2.39. The smallest absolute Gasteiger partial charge is 0.239 e. The van der Waals surface area contributed by atoms with E-state index in [2.05, 4.69) is 15.3 Å². The fourth-order valence-corrected chi connectivity index (χ4v) is 2.25. The fraction of sp³-hybridized carbons (Fsp3) is 0.250. The number of hydrogen-bond acceptors (Lipinski definition) is 4. The third kappa shape index (κ3) is 1.97. The Morgan fingerprint density at radius 3 is 3.17 bits per heavy atom. The second-order valence-corrected chi connectivity index (χ2v) is 4.52. The van der Waals surface area contributed by atoms with Crippen molar-refractivity contribution in [1.82, 2.24) is 15.3 Å². The summed E-state index contributed by atoms with van der Waals surface area (Å²) in [6.45, 7) is 1.66. The number of hydrogen-bond donors (Lipinski definition) is 1. The third-order valence-electron chi connectivity index (χ3n) is 2.88. The number of aromatic nitrogens is 2. The highest BCUT2D eigenvalue weighted by Crippen LogP contribution is 2.25. The average molecular weight is 263 g/mol. The molecule has 5 nitrogen and oxygen atoms in total. The van der Waals surface area contributed by atoms with Gasteiger partial charge in [0.05, 0.1) is 11.6 Å². The van der Waals surface area contributed by atoms with Gasteiger partial charge in [0, 0.05) is 30.7 Å². The number of halogens is 1. The van der Waals surface area contributed by atoms with Crippen LogP contribution in [-0.2, 0) is 4.79 Å². The third-order valence-corrected chi connectivity index (χ3v) is 3.20. The van der Waals surface area contributed by atoms with Crippen molar-refractivity contribution < 1.29 is 4.79 Å². The molecule has 0 aliphatic carbocycles. The highest BCUT2D eigenvalue weighted by Gasteiger charge is 2.18. The number of nitrogens with zero attached hydrogens (tertiary/aromatic N) is 3. The molecule has 0 aromatic carbocycles. The Labute approximate surface area is 109 Å². The van der Waals surface area contributed by atoms with Gasteiger partial charge >= 0.3 is 0 Å². The summed E-state index contributed by atoms with van der Waals surface area (Å²) < 4.78 is 0. The Balaban J connectivity index is 2.04. The first kappa shape index (κ1) is 11.2. The van der Waals surface area contributed by atoms with E-state index in [1.165, 1.54) is 0 Å². The SMILES string of the molecule is O=C1CN(c2cc(Cl)c3cccnc3n2)CCN1. The molecule has 18 heavy (non-hydrogen) atoms. The van der Waals surface area contributed by atoms with Crippen LogP contribution in [0.2, 0.25) is 5.02 Å². The summed E-state index contributed by atoms with van der Waals surface area (Å²) in [6, 6.07) is 5.48. The molecule has 0 radical (unpaired) electrons. The molecule has 1 N–H and O–H groups in total. The zero-order valence-electron chi connectivity index (χ0n) is 9.56. The van der Waals surface area contributed by atoms with Gasteiger partial charge in [0.25, 0.3) is 0 Å². The Morgan fingerprint density at radius 2 is 2.33 bits per heavy atom. The van der Waals surface area contributed by atoms with Gasteiger partial charge in [0.2, 0.25) is 5.91 Å². The van der Waals surface area contributed by atoms with Crippen molar-refractivity contribution in [2.75, 3.05) is 24.5 Å².